The van der Waals surface area contributed by atoms with Crippen LogP contribution < -0.4 is 10.9 Å². The van der Waals surface area contributed by atoms with Crippen LogP contribution in [0.1, 0.15) is 45.3 Å². The van der Waals surface area contributed by atoms with Crippen LogP contribution in [-0.2, 0) is 17.8 Å². The van der Waals surface area contributed by atoms with Gasteiger partial charge in [-0.3, -0.25) is 9.59 Å². The summed E-state index contributed by atoms with van der Waals surface area (Å²) in [5, 5.41) is 7.73. The molecule has 10 heteroatoms. The van der Waals surface area contributed by atoms with Crippen molar-refractivity contribution in [3.8, 4) is 0 Å². The van der Waals surface area contributed by atoms with Crippen molar-refractivity contribution in [3.05, 3.63) is 92.6 Å². The molecule has 0 fully saturated rings. The average Bonchev–Trinajstić information content (AvgIpc) is 3.20. The first-order valence-corrected chi connectivity index (χ1v) is 11.3. The number of carbonyl (C=O) groups excluding carboxylic acids is 2. The number of halogens is 1. The number of ether oxygens (including phenoxy) is 1. The zero-order chi connectivity index (χ0) is 24.2. The Labute approximate surface area is 198 Å². The maximum atomic E-state index is 13.4. The summed E-state index contributed by atoms with van der Waals surface area (Å²) in [5.41, 5.74) is 0.675. The second kappa shape index (κ2) is 9.92. The molecule has 0 radical (unpaired) electrons. The van der Waals surface area contributed by atoms with Crippen LogP contribution in [0.15, 0.2) is 59.4 Å². The Morgan fingerprint density at radius 2 is 1.88 bits per heavy atom. The molecule has 0 aliphatic heterocycles. The monoisotopic (exact) mass is 480 g/mol. The van der Waals surface area contributed by atoms with Crippen LogP contribution in [-0.4, -0.2) is 26.5 Å². The first-order chi connectivity index (χ1) is 16.3. The molecule has 0 saturated carbocycles. The lowest BCUT2D eigenvalue weighted by atomic mass is 10.1. The lowest BCUT2D eigenvalue weighted by Gasteiger charge is -2.08. The van der Waals surface area contributed by atoms with Crippen LogP contribution in [0.2, 0.25) is 0 Å². The lowest BCUT2D eigenvalue weighted by Crippen LogP contribution is -2.17. The molecule has 8 nitrogen and oxygen atoms in total. The number of nitrogens with one attached hydrogen (secondary N) is 1. The third-order valence-electron chi connectivity index (χ3n) is 4.72. The molecule has 174 valence electrons. The zero-order valence-corrected chi connectivity index (χ0v) is 19.3. The normalized spacial score (nSPS) is 11.1. The highest BCUT2D eigenvalue weighted by molar-refractivity contribution is 7.16. The van der Waals surface area contributed by atoms with E-state index in [2.05, 4.69) is 29.2 Å². The number of hydrogen-bond acceptors (Lipinski definition) is 7. The summed E-state index contributed by atoms with van der Waals surface area (Å²) in [5.74, 6) is -1.28. The average molecular weight is 481 g/mol. The van der Waals surface area contributed by atoms with Gasteiger partial charge < -0.3 is 10.1 Å². The molecule has 0 unspecified atom stereocenters. The highest BCUT2D eigenvalue weighted by atomic mass is 32.1. The maximum absolute atomic E-state index is 13.4. The fraction of sp³-hybridized carbons (Fsp3) is 0.208. The van der Waals surface area contributed by atoms with Crippen molar-refractivity contribution in [3.63, 3.8) is 0 Å². The van der Waals surface area contributed by atoms with Crippen molar-refractivity contribution >= 4 is 33.9 Å². The quantitative estimate of drug-likeness (QED) is 0.400. The summed E-state index contributed by atoms with van der Waals surface area (Å²) in [6.07, 6.45) is 0.740. The van der Waals surface area contributed by atoms with Gasteiger partial charge in [0.2, 0.25) is 4.96 Å². The fourth-order valence-corrected chi connectivity index (χ4v) is 4.31. The number of esters is 1. The molecule has 0 aliphatic carbocycles. The summed E-state index contributed by atoms with van der Waals surface area (Å²) >= 11 is 1.33. The highest BCUT2D eigenvalue weighted by Crippen LogP contribution is 2.17. The lowest BCUT2D eigenvalue weighted by molar-refractivity contribution is 0.0467. The first-order valence-electron chi connectivity index (χ1n) is 10.5. The van der Waals surface area contributed by atoms with Gasteiger partial charge in [-0.1, -0.05) is 37.3 Å². The molecule has 1 amide bonds. The van der Waals surface area contributed by atoms with Crippen molar-refractivity contribution in [1.29, 1.82) is 0 Å². The molecule has 0 spiro atoms. The smallest absolute Gasteiger partial charge is 0.338 e. The standard InChI is InChI=1S/C24H21FN4O4S/c1-14(2)9-20-28-29-21(30)12-19(27-24(29)34-20)13-33-23(32)16-6-4-8-18(11-16)26-22(31)15-5-3-7-17(25)10-15/h3-8,10-12,14H,9,13H2,1-2H3,(H,26,31). The van der Waals surface area contributed by atoms with Gasteiger partial charge in [-0.05, 0) is 42.3 Å². The van der Waals surface area contributed by atoms with Crippen molar-refractivity contribution < 1.29 is 18.7 Å². The predicted octanol–water partition coefficient (Wildman–Crippen LogP) is 4.10. The molecule has 34 heavy (non-hydrogen) atoms. The van der Waals surface area contributed by atoms with Crippen LogP contribution in [0.4, 0.5) is 10.1 Å². The van der Waals surface area contributed by atoms with E-state index in [1.54, 1.807) is 12.1 Å². The van der Waals surface area contributed by atoms with E-state index in [0.29, 0.717) is 22.3 Å². The number of hydrogen-bond donors (Lipinski definition) is 1. The van der Waals surface area contributed by atoms with Gasteiger partial charge in [-0.25, -0.2) is 14.2 Å². The minimum absolute atomic E-state index is 0.153. The maximum Gasteiger partial charge on any atom is 0.338 e. The molecule has 2 heterocycles. The van der Waals surface area contributed by atoms with Gasteiger partial charge in [0.05, 0.1) is 11.3 Å². The second-order valence-corrected chi connectivity index (χ2v) is 9.04. The van der Waals surface area contributed by atoms with Crippen LogP contribution in [0.3, 0.4) is 0 Å². The molecular formula is C24H21FN4O4S. The molecular weight excluding hydrogens is 459 g/mol. The van der Waals surface area contributed by atoms with Gasteiger partial charge in [-0.15, -0.1) is 0 Å². The Kier molecular flexibility index (Phi) is 6.78. The third kappa shape index (κ3) is 5.52. The van der Waals surface area contributed by atoms with E-state index in [0.717, 1.165) is 17.5 Å². The molecule has 0 bridgehead atoms. The zero-order valence-electron chi connectivity index (χ0n) is 18.4. The predicted molar refractivity (Wildman–Crippen MR) is 126 cm³/mol. The first kappa shape index (κ1) is 23.2. The van der Waals surface area contributed by atoms with Gasteiger partial charge in [0, 0.05) is 23.7 Å². The molecule has 0 aliphatic rings. The Hall–Kier alpha value is -3.92. The Bertz CT molecular complexity index is 1430. The van der Waals surface area contributed by atoms with Crippen LogP contribution in [0.5, 0.6) is 0 Å². The summed E-state index contributed by atoms with van der Waals surface area (Å²) in [4.78, 5) is 42.0. The number of aromatic nitrogens is 3. The largest absolute Gasteiger partial charge is 0.456 e. The molecule has 4 rings (SSSR count). The van der Waals surface area contributed by atoms with E-state index in [9.17, 15) is 18.8 Å². The number of fused-ring (bicyclic) bond motifs is 1. The minimum Gasteiger partial charge on any atom is -0.456 e. The Balaban J connectivity index is 1.43. The van der Waals surface area contributed by atoms with Crippen molar-refractivity contribution in [2.45, 2.75) is 26.9 Å². The van der Waals surface area contributed by atoms with Crippen molar-refractivity contribution in [2.75, 3.05) is 5.32 Å². The molecule has 1 N–H and O–H groups in total. The summed E-state index contributed by atoms with van der Waals surface area (Å²) in [6.45, 7) is 3.94. The van der Waals surface area contributed by atoms with Gasteiger partial charge in [0.1, 0.15) is 17.4 Å². The summed E-state index contributed by atoms with van der Waals surface area (Å²) < 4.78 is 19.9. The van der Waals surface area contributed by atoms with E-state index >= 15 is 0 Å². The molecule has 2 aromatic carbocycles. The van der Waals surface area contributed by atoms with Crippen LogP contribution in [0.25, 0.3) is 4.96 Å². The molecule has 0 saturated heterocycles. The number of amides is 1. The van der Waals surface area contributed by atoms with E-state index in [-0.39, 0.29) is 23.3 Å². The van der Waals surface area contributed by atoms with E-state index < -0.39 is 17.7 Å². The minimum atomic E-state index is -0.645. The van der Waals surface area contributed by atoms with Gasteiger partial charge in [-0.2, -0.15) is 9.61 Å². The van der Waals surface area contributed by atoms with Gasteiger partial charge in [0.25, 0.3) is 11.5 Å². The number of benzene rings is 2. The fourth-order valence-electron chi connectivity index (χ4n) is 3.18. The number of rotatable bonds is 7. The second-order valence-electron chi connectivity index (χ2n) is 8.00. The molecule has 4 aromatic rings. The van der Waals surface area contributed by atoms with Crippen molar-refractivity contribution in [1.82, 2.24) is 14.6 Å². The third-order valence-corrected chi connectivity index (χ3v) is 5.65. The summed E-state index contributed by atoms with van der Waals surface area (Å²) in [7, 11) is 0. The van der Waals surface area contributed by atoms with E-state index in [1.807, 2.05) is 0 Å². The number of carbonyl (C=O) groups is 2. The number of nitrogens with zero attached hydrogens (tertiary/aromatic N) is 3. The molecule has 2 aromatic heterocycles. The SMILES string of the molecule is CC(C)Cc1nn2c(=O)cc(COC(=O)c3cccc(NC(=O)c4cccc(F)c4)c3)nc2s1. The summed E-state index contributed by atoms with van der Waals surface area (Å²) in [6, 6.07) is 12.7. The Morgan fingerprint density at radius 3 is 2.65 bits per heavy atom. The van der Waals surface area contributed by atoms with E-state index in [1.165, 1.54) is 52.3 Å². The van der Waals surface area contributed by atoms with E-state index in [4.69, 9.17) is 4.74 Å². The van der Waals surface area contributed by atoms with Crippen LogP contribution in [0, 0.1) is 11.7 Å². The topological polar surface area (TPSA) is 103 Å². The Morgan fingerprint density at radius 1 is 1.12 bits per heavy atom. The van der Waals surface area contributed by atoms with Gasteiger partial charge in [0.15, 0.2) is 0 Å². The van der Waals surface area contributed by atoms with Crippen LogP contribution >= 0.6 is 11.3 Å². The van der Waals surface area contributed by atoms with Gasteiger partial charge >= 0.3 is 5.97 Å². The number of anilines is 1. The molecule has 0 atom stereocenters. The highest BCUT2D eigenvalue weighted by Gasteiger charge is 2.14. The van der Waals surface area contributed by atoms with Crippen molar-refractivity contribution in [2.24, 2.45) is 5.92 Å².